The van der Waals surface area contributed by atoms with E-state index in [0.29, 0.717) is 0 Å². The molecule has 0 aromatic rings. The van der Waals surface area contributed by atoms with E-state index in [-0.39, 0.29) is 5.48 Å². The zero-order valence-electron chi connectivity index (χ0n) is 8.73. The summed E-state index contributed by atoms with van der Waals surface area (Å²) in [5, 5.41) is 0. The van der Waals surface area contributed by atoms with Crippen LogP contribution in [0.15, 0.2) is 0 Å². The summed E-state index contributed by atoms with van der Waals surface area (Å²) in [5.74, 6) is 0. The van der Waals surface area contributed by atoms with Gasteiger partial charge < -0.3 is 5.48 Å². The molecule has 0 bridgehead atoms. The quantitative estimate of drug-likeness (QED) is 0.703. The molecule has 0 saturated carbocycles. The summed E-state index contributed by atoms with van der Waals surface area (Å²) in [4.78, 5) is 0. The average molecular weight is 266 g/mol. The molecular weight excluding hydrogens is 243 g/mol. The summed E-state index contributed by atoms with van der Waals surface area (Å²) in [5.41, 5.74) is 0. The molecule has 69 valence electrons. The van der Waals surface area contributed by atoms with E-state index >= 15 is 0 Å². The van der Waals surface area contributed by atoms with Crippen LogP contribution in [0.1, 0.15) is 41.5 Å². The molecule has 0 rings (SSSR count). The molecule has 2 N–H and O–H groups in total. The maximum atomic E-state index is 2.41. The molecule has 11 heavy (non-hydrogen) atoms. The molecule has 1 nitrogen and oxygen atoms in total. The number of rotatable bonds is 3. The van der Waals surface area contributed by atoms with Gasteiger partial charge in [-0.2, -0.15) is 0 Å². The van der Waals surface area contributed by atoms with E-state index in [0.717, 1.165) is 11.8 Å². The minimum absolute atomic E-state index is 0. The van der Waals surface area contributed by atoms with Gasteiger partial charge in [-0.15, -0.1) is 0 Å². The maximum absolute atomic E-state index is 2.41. The molecule has 0 heterocycles. The van der Waals surface area contributed by atoms with Gasteiger partial charge in [0.05, 0.1) is 0 Å². The Kier molecular flexibility index (Phi) is 8.18. The predicted molar refractivity (Wildman–Crippen MR) is 54.7 cm³/mol. The van der Waals surface area contributed by atoms with Crippen molar-refractivity contribution in [3.8, 4) is 0 Å². The molecular formula is C9H23OSn. The van der Waals surface area contributed by atoms with Gasteiger partial charge in [-0.3, -0.25) is 0 Å². The molecule has 0 aliphatic rings. The molecule has 0 aliphatic heterocycles. The molecule has 0 aliphatic carbocycles. The van der Waals surface area contributed by atoms with Gasteiger partial charge in [0.25, 0.3) is 0 Å². The van der Waals surface area contributed by atoms with Crippen LogP contribution in [0.25, 0.3) is 0 Å². The molecule has 0 amide bonds. The zero-order valence-corrected chi connectivity index (χ0v) is 11.6. The van der Waals surface area contributed by atoms with Gasteiger partial charge in [0.2, 0.25) is 0 Å². The Morgan fingerprint density at radius 2 is 0.818 bits per heavy atom. The van der Waals surface area contributed by atoms with Gasteiger partial charge >= 0.3 is 73.1 Å². The fourth-order valence-electron chi connectivity index (χ4n) is 2.00. The van der Waals surface area contributed by atoms with Crippen molar-refractivity contribution in [3.63, 3.8) is 0 Å². The average Bonchev–Trinajstić information content (AvgIpc) is 1.59. The van der Waals surface area contributed by atoms with Gasteiger partial charge in [0.1, 0.15) is 0 Å². The second-order valence-electron chi connectivity index (χ2n) is 3.96. The second kappa shape index (κ2) is 6.29. The summed E-state index contributed by atoms with van der Waals surface area (Å²) >= 11 is -1.01. The Hall–Kier alpha value is 0.759. The Labute approximate surface area is 78.6 Å². The minimum atomic E-state index is -1.01. The van der Waals surface area contributed by atoms with Crippen LogP contribution in [0.5, 0.6) is 0 Å². The van der Waals surface area contributed by atoms with Crippen LogP contribution in [0.4, 0.5) is 0 Å². The van der Waals surface area contributed by atoms with Crippen molar-refractivity contribution in [2.24, 2.45) is 0 Å². The molecule has 0 spiro atoms. The second-order valence-corrected chi connectivity index (χ2v) is 16.7. The van der Waals surface area contributed by atoms with Crippen molar-refractivity contribution >= 4 is 19.8 Å². The third kappa shape index (κ3) is 5.07. The van der Waals surface area contributed by atoms with Crippen LogP contribution in [0.3, 0.4) is 0 Å². The van der Waals surface area contributed by atoms with Crippen molar-refractivity contribution in [3.05, 3.63) is 0 Å². The van der Waals surface area contributed by atoms with E-state index in [2.05, 4.69) is 41.5 Å². The van der Waals surface area contributed by atoms with Crippen molar-refractivity contribution in [1.82, 2.24) is 0 Å². The summed E-state index contributed by atoms with van der Waals surface area (Å²) in [6.45, 7) is 14.5. The fourth-order valence-corrected chi connectivity index (χ4v) is 13.4. The summed E-state index contributed by atoms with van der Waals surface area (Å²) in [7, 11) is 0. The van der Waals surface area contributed by atoms with Gasteiger partial charge in [0, 0.05) is 0 Å². The third-order valence-electron chi connectivity index (χ3n) is 2.00. The monoisotopic (exact) mass is 267 g/mol. The molecule has 1 radical (unpaired) electrons. The van der Waals surface area contributed by atoms with Crippen LogP contribution in [-0.4, -0.2) is 25.2 Å². The smallest absolute Gasteiger partial charge is 0.412 e. The van der Waals surface area contributed by atoms with E-state index < -0.39 is 19.8 Å². The third-order valence-corrected chi connectivity index (χ3v) is 13.4. The van der Waals surface area contributed by atoms with E-state index in [1.165, 1.54) is 0 Å². The van der Waals surface area contributed by atoms with Crippen molar-refractivity contribution in [2.45, 2.75) is 53.3 Å². The largest absolute Gasteiger partial charge is 0.412 e. The van der Waals surface area contributed by atoms with Gasteiger partial charge in [-0.1, -0.05) is 0 Å². The SMILES string of the molecule is C[CH](C)[Sn]([CH](C)C)[CH](C)C.O. The first-order valence-corrected chi connectivity index (χ1v) is 9.27. The van der Waals surface area contributed by atoms with E-state index in [1.807, 2.05) is 0 Å². The summed E-state index contributed by atoms with van der Waals surface area (Å²) in [6, 6.07) is 0. The van der Waals surface area contributed by atoms with Crippen molar-refractivity contribution in [1.29, 1.82) is 0 Å². The molecule has 0 aromatic carbocycles. The molecule has 0 saturated heterocycles. The summed E-state index contributed by atoms with van der Waals surface area (Å²) in [6.07, 6.45) is 0. The first-order chi connectivity index (χ1) is 4.46. The van der Waals surface area contributed by atoms with Crippen LogP contribution in [-0.2, 0) is 0 Å². The Balaban J connectivity index is 0. The van der Waals surface area contributed by atoms with Crippen LogP contribution >= 0.6 is 0 Å². The standard InChI is InChI=1S/3C3H7.H2O.Sn/c3*1-3-2;;/h3*3H,1-2H3;1H2;. The normalized spacial score (nSPS) is 11.5. The van der Waals surface area contributed by atoms with Crippen LogP contribution in [0.2, 0.25) is 11.8 Å². The Morgan fingerprint density at radius 3 is 0.818 bits per heavy atom. The Bertz CT molecular complexity index is 70.5. The first kappa shape index (κ1) is 14.3. The number of hydrogen-bond donors (Lipinski definition) is 0. The molecule has 0 aromatic heterocycles. The molecule has 0 fully saturated rings. The van der Waals surface area contributed by atoms with E-state index in [4.69, 9.17) is 0 Å². The zero-order chi connectivity index (χ0) is 8.31. The molecule has 0 atom stereocenters. The van der Waals surface area contributed by atoms with Crippen LogP contribution in [0, 0.1) is 0 Å². The maximum Gasteiger partial charge on any atom is -0.412 e. The van der Waals surface area contributed by atoms with Crippen molar-refractivity contribution in [2.75, 3.05) is 0 Å². The van der Waals surface area contributed by atoms with Crippen molar-refractivity contribution < 1.29 is 5.48 Å². The first-order valence-electron chi connectivity index (χ1n) is 4.33. The van der Waals surface area contributed by atoms with E-state index in [1.54, 1.807) is 0 Å². The van der Waals surface area contributed by atoms with Gasteiger partial charge in [-0.05, 0) is 0 Å². The van der Waals surface area contributed by atoms with E-state index in [9.17, 15) is 0 Å². The predicted octanol–water partition coefficient (Wildman–Crippen LogP) is 2.89. The Morgan fingerprint density at radius 1 is 0.636 bits per heavy atom. The minimum Gasteiger partial charge on any atom is -0.412 e. The van der Waals surface area contributed by atoms with Crippen LogP contribution < -0.4 is 0 Å². The van der Waals surface area contributed by atoms with Gasteiger partial charge in [-0.25, -0.2) is 0 Å². The molecule has 2 heteroatoms. The summed E-state index contributed by atoms with van der Waals surface area (Å²) < 4.78 is 3.09. The molecule has 0 unspecified atom stereocenters. The number of hydrogen-bond acceptors (Lipinski definition) is 0. The topological polar surface area (TPSA) is 31.5 Å². The fraction of sp³-hybridized carbons (Fsp3) is 1.00. The van der Waals surface area contributed by atoms with Gasteiger partial charge in [0.15, 0.2) is 0 Å².